The third-order valence-corrected chi connectivity index (χ3v) is 4.44. The molecule has 1 heterocycles. The van der Waals surface area contributed by atoms with Gasteiger partial charge in [0.05, 0.1) is 30.5 Å². The van der Waals surface area contributed by atoms with Gasteiger partial charge in [0.25, 0.3) is 0 Å². The van der Waals surface area contributed by atoms with Crippen LogP contribution >= 0.6 is 0 Å². The molecule has 1 saturated heterocycles. The molecule has 0 amide bonds. The van der Waals surface area contributed by atoms with E-state index in [1.54, 1.807) is 18.2 Å². The van der Waals surface area contributed by atoms with E-state index < -0.39 is 36.5 Å². The van der Waals surface area contributed by atoms with E-state index >= 15 is 0 Å². The molecule has 1 aliphatic heterocycles. The number of aliphatic hydroxyl groups excluding tert-OH is 3. The van der Waals surface area contributed by atoms with Gasteiger partial charge in [0.2, 0.25) is 0 Å². The van der Waals surface area contributed by atoms with Crippen LogP contribution in [0.1, 0.15) is 51.9 Å². The second-order valence-electron chi connectivity index (χ2n) is 6.92. The van der Waals surface area contributed by atoms with Crippen molar-refractivity contribution in [2.45, 2.75) is 82.4 Å². The summed E-state index contributed by atoms with van der Waals surface area (Å²) < 4.78 is 5.71. The lowest BCUT2D eigenvalue weighted by atomic mass is 10.0. The van der Waals surface area contributed by atoms with Crippen LogP contribution in [-0.2, 0) is 9.53 Å². The molecule has 5 atom stereocenters. The van der Waals surface area contributed by atoms with E-state index in [2.05, 4.69) is 19.1 Å². The Hall–Kier alpha value is -1.73. The molecule has 0 unspecified atom stereocenters. The topological polar surface area (TPSA) is 107 Å². The Bertz CT molecular complexity index is 551. The SMILES string of the molecule is CC/C=C\C/C=C\C[C@@H](O)/C=C/[C@H](O)[C@H]1C[C@H](O)[C@H](C/C=C\CCC(=O)O)O1. The van der Waals surface area contributed by atoms with E-state index in [9.17, 15) is 20.1 Å². The second-order valence-corrected chi connectivity index (χ2v) is 6.92. The summed E-state index contributed by atoms with van der Waals surface area (Å²) in [5.74, 6) is -0.845. The summed E-state index contributed by atoms with van der Waals surface area (Å²) in [7, 11) is 0. The van der Waals surface area contributed by atoms with Gasteiger partial charge in [-0.05, 0) is 32.1 Å². The zero-order valence-corrected chi connectivity index (χ0v) is 16.6. The molecule has 1 fully saturated rings. The van der Waals surface area contributed by atoms with Crippen LogP contribution in [0.4, 0.5) is 0 Å². The minimum absolute atomic E-state index is 0.0731. The Labute approximate surface area is 167 Å². The van der Waals surface area contributed by atoms with E-state index in [4.69, 9.17) is 9.84 Å². The fraction of sp³-hybridized carbons (Fsp3) is 0.591. The van der Waals surface area contributed by atoms with Crippen molar-refractivity contribution in [3.8, 4) is 0 Å². The maximum atomic E-state index is 10.5. The molecule has 0 spiro atoms. The number of allylic oxidation sites excluding steroid dienone is 4. The molecule has 0 radical (unpaired) electrons. The maximum Gasteiger partial charge on any atom is 0.303 e. The van der Waals surface area contributed by atoms with E-state index in [-0.39, 0.29) is 6.42 Å². The number of carbonyl (C=O) groups is 1. The minimum Gasteiger partial charge on any atom is -0.481 e. The molecule has 4 N–H and O–H groups in total. The van der Waals surface area contributed by atoms with E-state index in [1.807, 2.05) is 12.2 Å². The Balaban J connectivity index is 2.33. The quantitative estimate of drug-likeness (QED) is 0.358. The van der Waals surface area contributed by atoms with Gasteiger partial charge in [0, 0.05) is 12.8 Å². The predicted octanol–water partition coefficient (Wildman–Crippen LogP) is 2.90. The summed E-state index contributed by atoms with van der Waals surface area (Å²) >= 11 is 0. The highest BCUT2D eigenvalue weighted by atomic mass is 16.5. The van der Waals surface area contributed by atoms with Crippen LogP contribution in [0.25, 0.3) is 0 Å². The lowest BCUT2D eigenvalue weighted by Gasteiger charge is -2.16. The number of aliphatic hydroxyl groups is 3. The first-order valence-electron chi connectivity index (χ1n) is 9.98. The summed E-state index contributed by atoms with van der Waals surface area (Å²) in [4.78, 5) is 10.5. The molecule has 158 valence electrons. The molecule has 6 nitrogen and oxygen atoms in total. The molecule has 0 aromatic heterocycles. The Morgan fingerprint density at radius 2 is 1.86 bits per heavy atom. The molecule has 0 aromatic rings. The number of ether oxygens (including phenoxy) is 1. The second kappa shape index (κ2) is 14.3. The van der Waals surface area contributed by atoms with Crippen LogP contribution < -0.4 is 0 Å². The largest absolute Gasteiger partial charge is 0.481 e. The maximum absolute atomic E-state index is 10.5. The minimum atomic E-state index is -0.901. The molecule has 0 saturated carbocycles. The normalized spacial score (nSPS) is 25.5. The predicted molar refractivity (Wildman–Crippen MR) is 109 cm³/mol. The number of carboxylic acid groups (broad SMARTS) is 1. The first-order chi connectivity index (χ1) is 13.4. The van der Waals surface area contributed by atoms with Crippen molar-refractivity contribution in [2.24, 2.45) is 0 Å². The monoisotopic (exact) mass is 394 g/mol. The highest BCUT2D eigenvalue weighted by molar-refractivity contribution is 5.66. The molecule has 6 heteroatoms. The fourth-order valence-electron chi connectivity index (χ4n) is 2.87. The van der Waals surface area contributed by atoms with Crippen LogP contribution in [0.5, 0.6) is 0 Å². The summed E-state index contributed by atoms with van der Waals surface area (Å²) in [5.41, 5.74) is 0. The number of aliphatic carboxylic acids is 1. The Morgan fingerprint density at radius 1 is 1.11 bits per heavy atom. The van der Waals surface area contributed by atoms with Crippen LogP contribution in [0.3, 0.4) is 0 Å². The Morgan fingerprint density at radius 3 is 2.57 bits per heavy atom. The smallest absolute Gasteiger partial charge is 0.303 e. The van der Waals surface area contributed by atoms with Crippen molar-refractivity contribution in [3.05, 3.63) is 48.6 Å². The summed E-state index contributed by atoms with van der Waals surface area (Å²) in [6.07, 6.45) is 15.1. The van der Waals surface area contributed by atoms with Crippen molar-refractivity contribution in [3.63, 3.8) is 0 Å². The van der Waals surface area contributed by atoms with E-state index in [0.717, 1.165) is 12.8 Å². The van der Waals surface area contributed by atoms with Crippen molar-refractivity contribution in [1.29, 1.82) is 0 Å². The van der Waals surface area contributed by atoms with Gasteiger partial charge in [0.15, 0.2) is 0 Å². The van der Waals surface area contributed by atoms with Crippen molar-refractivity contribution in [2.75, 3.05) is 0 Å². The van der Waals surface area contributed by atoms with Gasteiger partial charge in [-0.15, -0.1) is 0 Å². The van der Waals surface area contributed by atoms with Crippen LogP contribution in [0.15, 0.2) is 48.6 Å². The summed E-state index contributed by atoms with van der Waals surface area (Å²) in [5, 5.41) is 38.8. The van der Waals surface area contributed by atoms with Gasteiger partial charge >= 0.3 is 5.97 Å². The summed E-state index contributed by atoms with van der Waals surface area (Å²) in [6.45, 7) is 2.08. The van der Waals surface area contributed by atoms with Gasteiger partial charge < -0.3 is 25.2 Å². The molecule has 0 aliphatic carbocycles. The Kier molecular flexibility index (Phi) is 12.4. The number of rotatable bonds is 13. The zero-order chi connectivity index (χ0) is 20.8. The fourth-order valence-corrected chi connectivity index (χ4v) is 2.87. The van der Waals surface area contributed by atoms with Crippen molar-refractivity contribution < 1.29 is 30.0 Å². The third-order valence-electron chi connectivity index (χ3n) is 4.44. The average molecular weight is 395 g/mol. The van der Waals surface area contributed by atoms with Gasteiger partial charge in [-0.3, -0.25) is 4.79 Å². The van der Waals surface area contributed by atoms with Crippen LogP contribution in [0, 0.1) is 0 Å². The van der Waals surface area contributed by atoms with E-state index in [0.29, 0.717) is 25.7 Å². The first-order valence-corrected chi connectivity index (χ1v) is 9.98. The zero-order valence-electron chi connectivity index (χ0n) is 16.6. The lowest BCUT2D eigenvalue weighted by Crippen LogP contribution is -2.24. The lowest BCUT2D eigenvalue weighted by molar-refractivity contribution is -0.136. The van der Waals surface area contributed by atoms with Gasteiger partial charge in [0.1, 0.15) is 0 Å². The highest BCUT2D eigenvalue weighted by Crippen LogP contribution is 2.26. The number of hydrogen-bond acceptors (Lipinski definition) is 5. The van der Waals surface area contributed by atoms with Crippen LogP contribution in [0.2, 0.25) is 0 Å². The summed E-state index contributed by atoms with van der Waals surface area (Å²) in [6, 6.07) is 0. The van der Waals surface area contributed by atoms with Crippen LogP contribution in [-0.4, -0.2) is 56.9 Å². The van der Waals surface area contributed by atoms with Gasteiger partial charge in [-0.25, -0.2) is 0 Å². The standard InChI is InChI=1S/C22H34O6/c1-2-3-4-5-6-8-11-17(23)14-15-18(24)21-16-19(25)20(28-21)12-9-7-10-13-22(26)27/h3-4,6-9,14-15,17-21,23-25H,2,5,10-13,16H2,1H3,(H,26,27)/b4-3-,8-6-,9-7-,15-14+/t17-,18+,19+,20+,21-/m1/s1. The van der Waals surface area contributed by atoms with Gasteiger partial charge in [-0.1, -0.05) is 55.5 Å². The number of carboxylic acids is 1. The molecular formula is C22H34O6. The molecule has 28 heavy (non-hydrogen) atoms. The highest BCUT2D eigenvalue weighted by Gasteiger charge is 2.36. The average Bonchev–Trinajstić information content (AvgIpc) is 3.03. The molecule has 0 bridgehead atoms. The first kappa shape index (κ1) is 24.3. The molecule has 0 aromatic carbocycles. The number of hydrogen-bond donors (Lipinski definition) is 4. The molecular weight excluding hydrogens is 360 g/mol. The van der Waals surface area contributed by atoms with E-state index in [1.165, 1.54) is 6.08 Å². The third kappa shape index (κ3) is 10.6. The molecule has 1 aliphatic rings. The van der Waals surface area contributed by atoms with Gasteiger partial charge in [-0.2, -0.15) is 0 Å². The van der Waals surface area contributed by atoms with Crippen molar-refractivity contribution >= 4 is 5.97 Å². The molecule has 1 rings (SSSR count). The van der Waals surface area contributed by atoms with Crippen molar-refractivity contribution in [1.82, 2.24) is 0 Å².